The highest BCUT2D eigenvalue weighted by Gasteiger charge is 2.42. The summed E-state index contributed by atoms with van der Waals surface area (Å²) in [7, 11) is 1.72. The predicted molar refractivity (Wildman–Crippen MR) is 69.6 cm³/mol. The Balaban J connectivity index is 1.84. The number of hydrogen-bond donors (Lipinski definition) is 0. The molecule has 0 spiro atoms. The summed E-state index contributed by atoms with van der Waals surface area (Å²) in [6.45, 7) is 1.50. The molecule has 1 aromatic heterocycles. The second-order valence-corrected chi connectivity index (χ2v) is 5.80. The Morgan fingerprint density at radius 3 is 2.83 bits per heavy atom. The van der Waals surface area contributed by atoms with Crippen molar-refractivity contribution in [1.29, 1.82) is 0 Å². The first-order valence-corrected chi connectivity index (χ1v) is 7.33. The van der Waals surface area contributed by atoms with E-state index < -0.39 is 0 Å². The third-order valence-electron chi connectivity index (χ3n) is 4.56. The summed E-state index contributed by atoms with van der Waals surface area (Å²) in [6.07, 6.45) is 5.45. The quantitative estimate of drug-likeness (QED) is 0.772. The van der Waals surface area contributed by atoms with Crippen LogP contribution in [-0.4, -0.2) is 28.5 Å². The lowest BCUT2D eigenvalue weighted by molar-refractivity contribution is 0.184. The fourth-order valence-electron chi connectivity index (χ4n) is 3.71. The molecule has 5 heteroatoms. The Kier molecular flexibility index (Phi) is 3.57. The van der Waals surface area contributed by atoms with Crippen molar-refractivity contribution in [2.24, 2.45) is 11.8 Å². The molecule has 0 amide bonds. The Labute approximate surface area is 113 Å². The molecule has 2 aliphatic rings. The molecule has 0 aliphatic heterocycles. The summed E-state index contributed by atoms with van der Waals surface area (Å²) in [5.74, 6) is 4.81. The van der Waals surface area contributed by atoms with Crippen molar-refractivity contribution < 1.29 is 4.74 Å². The average Bonchev–Trinajstić information content (AvgIpc) is 3.09. The highest BCUT2D eigenvalue weighted by atomic mass is 35.5. The molecule has 1 heterocycles. The van der Waals surface area contributed by atoms with E-state index >= 15 is 0 Å². The first kappa shape index (κ1) is 12.4. The van der Waals surface area contributed by atoms with Gasteiger partial charge in [0.05, 0.1) is 12.5 Å². The normalized spacial score (nSPS) is 30.2. The van der Waals surface area contributed by atoms with Gasteiger partial charge in [-0.1, -0.05) is 6.42 Å². The molecule has 0 radical (unpaired) electrons. The van der Waals surface area contributed by atoms with Crippen molar-refractivity contribution in [3.63, 3.8) is 0 Å². The lowest BCUT2D eigenvalue weighted by atomic mass is 9.88. The standard InChI is InChI=1S/C13H20ClN3O/c1-18-5-4-17-12(8-14)15-16-13(17)11-7-9-2-3-10(11)6-9/h9-11H,2-8H2,1H3. The van der Waals surface area contributed by atoms with Crippen molar-refractivity contribution in [2.75, 3.05) is 13.7 Å². The van der Waals surface area contributed by atoms with E-state index in [1.807, 2.05) is 0 Å². The van der Waals surface area contributed by atoms with Crippen LogP contribution in [0.3, 0.4) is 0 Å². The van der Waals surface area contributed by atoms with Gasteiger partial charge in [-0.25, -0.2) is 0 Å². The molecule has 0 saturated heterocycles. The maximum Gasteiger partial charge on any atom is 0.148 e. The Morgan fingerprint density at radius 1 is 1.33 bits per heavy atom. The first-order valence-electron chi connectivity index (χ1n) is 6.80. The molecule has 2 fully saturated rings. The van der Waals surface area contributed by atoms with Gasteiger partial charge in [0.15, 0.2) is 0 Å². The third kappa shape index (κ3) is 2.05. The van der Waals surface area contributed by atoms with Gasteiger partial charge in [-0.3, -0.25) is 0 Å². The second-order valence-electron chi connectivity index (χ2n) is 5.53. The lowest BCUT2D eigenvalue weighted by Crippen LogP contribution is -2.17. The van der Waals surface area contributed by atoms with Crippen molar-refractivity contribution >= 4 is 11.6 Å². The van der Waals surface area contributed by atoms with E-state index in [4.69, 9.17) is 16.3 Å². The largest absolute Gasteiger partial charge is 0.383 e. The number of rotatable bonds is 5. The number of fused-ring (bicyclic) bond motifs is 2. The predicted octanol–water partition coefficient (Wildman–Crippen LogP) is 2.57. The topological polar surface area (TPSA) is 39.9 Å². The smallest absolute Gasteiger partial charge is 0.148 e. The molecule has 2 aliphatic carbocycles. The molecule has 3 rings (SSSR count). The van der Waals surface area contributed by atoms with Crippen LogP contribution in [0.5, 0.6) is 0 Å². The zero-order valence-electron chi connectivity index (χ0n) is 10.8. The molecule has 0 N–H and O–H groups in total. The molecule has 2 saturated carbocycles. The summed E-state index contributed by atoms with van der Waals surface area (Å²) < 4.78 is 7.36. The van der Waals surface area contributed by atoms with Gasteiger partial charge in [-0.15, -0.1) is 21.8 Å². The van der Waals surface area contributed by atoms with Crippen LogP contribution < -0.4 is 0 Å². The molecule has 3 atom stereocenters. The highest BCUT2D eigenvalue weighted by Crippen LogP contribution is 2.52. The second kappa shape index (κ2) is 5.17. The molecule has 1 aromatic rings. The molecule has 0 aromatic carbocycles. The van der Waals surface area contributed by atoms with E-state index in [-0.39, 0.29) is 0 Å². The van der Waals surface area contributed by atoms with E-state index in [0.29, 0.717) is 18.4 Å². The maximum absolute atomic E-state index is 5.95. The van der Waals surface area contributed by atoms with Crippen molar-refractivity contribution in [3.05, 3.63) is 11.6 Å². The van der Waals surface area contributed by atoms with Gasteiger partial charge < -0.3 is 9.30 Å². The van der Waals surface area contributed by atoms with Crippen molar-refractivity contribution in [1.82, 2.24) is 14.8 Å². The number of ether oxygens (including phenoxy) is 1. The number of nitrogens with zero attached hydrogens (tertiary/aromatic N) is 3. The first-order chi connectivity index (χ1) is 8.83. The Morgan fingerprint density at radius 2 is 2.22 bits per heavy atom. The minimum atomic E-state index is 0.428. The molecule has 2 bridgehead atoms. The number of aromatic nitrogens is 3. The van der Waals surface area contributed by atoms with Gasteiger partial charge in [0.2, 0.25) is 0 Å². The van der Waals surface area contributed by atoms with Crippen LogP contribution in [0.25, 0.3) is 0 Å². The van der Waals surface area contributed by atoms with E-state index in [2.05, 4.69) is 14.8 Å². The van der Waals surface area contributed by atoms with Gasteiger partial charge in [0, 0.05) is 19.6 Å². The van der Waals surface area contributed by atoms with Gasteiger partial charge in [0.25, 0.3) is 0 Å². The Bertz CT molecular complexity index is 420. The van der Waals surface area contributed by atoms with E-state index in [0.717, 1.165) is 30.0 Å². The van der Waals surface area contributed by atoms with E-state index in [1.54, 1.807) is 7.11 Å². The molecule has 4 nitrogen and oxygen atoms in total. The molecule has 100 valence electrons. The highest BCUT2D eigenvalue weighted by molar-refractivity contribution is 6.16. The summed E-state index contributed by atoms with van der Waals surface area (Å²) in [5, 5.41) is 8.65. The summed E-state index contributed by atoms with van der Waals surface area (Å²) in [4.78, 5) is 0. The molecular formula is C13H20ClN3O. The number of alkyl halides is 1. The maximum atomic E-state index is 5.95. The Hall–Kier alpha value is -0.610. The van der Waals surface area contributed by atoms with Gasteiger partial charge >= 0.3 is 0 Å². The van der Waals surface area contributed by atoms with Gasteiger partial charge in [0.1, 0.15) is 11.6 Å². The molecule has 3 unspecified atom stereocenters. The SMILES string of the molecule is COCCn1c(CCl)nnc1C1CC2CCC1C2. The van der Waals surface area contributed by atoms with Crippen LogP contribution in [-0.2, 0) is 17.2 Å². The van der Waals surface area contributed by atoms with Gasteiger partial charge in [-0.2, -0.15) is 0 Å². The monoisotopic (exact) mass is 269 g/mol. The van der Waals surface area contributed by atoms with Crippen molar-refractivity contribution in [3.8, 4) is 0 Å². The number of halogens is 1. The lowest BCUT2D eigenvalue weighted by Gasteiger charge is -2.21. The van der Waals surface area contributed by atoms with Gasteiger partial charge in [-0.05, 0) is 31.1 Å². The van der Waals surface area contributed by atoms with Crippen LogP contribution in [0.15, 0.2) is 0 Å². The van der Waals surface area contributed by atoms with Crippen molar-refractivity contribution in [2.45, 2.75) is 44.0 Å². The summed E-state index contributed by atoms with van der Waals surface area (Å²) >= 11 is 5.95. The third-order valence-corrected chi connectivity index (χ3v) is 4.80. The fraction of sp³-hybridized carbons (Fsp3) is 0.846. The van der Waals surface area contributed by atoms with Crippen LogP contribution in [0.1, 0.15) is 43.3 Å². The van der Waals surface area contributed by atoms with Crippen LogP contribution in [0.4, 0.5) is 0 Å². The number of methoxy groups -OCH3 is 1. The minimum Gasteiger partial charge on any atom is -0.383 e. The molecule has 18 heavy (non-hydrogen) atoms. The van der Waals surface area contributed by atoms with E-state index in [1.165, 1.54) is 25.7 Å². The van der Waals surface area contributed by atoms with Crippen LogP contribution >= 0.6 is 11.6 Å². The minimum absolute atomic E-state index is 0.428. The average molecular weight is 270 g/mol. The summed E-state index contributed by atoms with van der Waals surface area (Å²) in [5.41, 5.74) is 0. The summed E-state index contributed by atoms with van der Waals surface area (Å²) in [6, 6.07) is 0. The van der Waals surface area contributed by atoms with Crippen LogP contribution in [0.2, 0.25) is 0 Å². The zero-order chi connectivity index (χ0) is 12.5. The number of hydrogen-bond acceptors (Lipinski definition) is 3. The molecular weight excluding hydrogens is 250 g/mol. The fourth-order valence-corrected chi connectivity index (χ4v) is 3.91. The van der Waals surface area contributed by atoms with E-state index in [9.17, 15) is 0 Å². The van der Waals surface area contributed by atoms with Crippen LogP contribution in [0, 0.1) is 11.8 Å². The zero-order valence-corrected chi connectivity index (χ0v) is 11.6.